The van der Waals surface area contributed by atoms with Crippen molar-refractivity contribution in [3.63, 3.8) is 0 Å². The number of hydrogen-bond acceptors (Lipinski definition) is 3. The lowest BCUT2D eigenvalue weighted by Crippen LogP contribution is -2.27. The van der Waals surface area contributed by atoms with E-state index in [4.69, 9.17) is 17.3 Å². The zero-order valence-electron chi connectivity index (χ0n) is 14.9. The largest absolute Gasteiger partial charge is 0.403 e. The fourth-order valence-electron chi connectivity index (χ4n) is 3.42. The minimum Gasteiger partial charge on any atom is -0.403 e. The van der Waals surface area contributed by atoms with Crippen LogP contribution >= 0.6 is 11.6 Å². The molecule has 0 bridgehead atoms. The van der Waals surface area contributed by atoms with Gasteiger partial charge < -0.3 is 15.2 Å². The molecule has 1 aromatic heterocycles. The third-order valence-electron chi connectivity index (χ3n) is 4.64. The Labute approximate surface area is 154 Å². The smallest absolute Gasteiger partial charge is 0.0575 e. The van der Waals surface area contributed by atoms with Gasteiger partial charge in [0.15, 0.2) is 0 Å². The van der Waals surface area contributed by atoms with Crippen molar-refractivity contribution < 1.29 is 0 Å². The lowest BCUT2D eigenvalue weighted by molar-refractivity contribution is 0.309. The van der Waals surface area contributed by atoms with E-state index in [1.807, 2.05) is 13.0 Å². The molecule has 1 aliphatic heterocycles. The van der Waals surface area contributed by atoms with E-state index in [1.165, 1.54) is 22.2 Å². The first-order valence-electron chi connectivity index (χ1n) is 8.58. The number of aliphatic imine (C=N–C) groups is 1. The summed E-state index contributed by atoms with van der Waals surface area (Å²) in [6, 6.07) is 6.18. The van der Waals surface area contributed by atoms with Gasteiger partial charge in [-0.2, -0.15) is 0 Å². The van der Waals surface area contributed by atoms with E-state index >= 15 is 0 Å². The molecule has 4 nitrogen and oxygen atoms in total. The molecule has 0 radical (unpaired) electrons. The standard InChI is InChI=1S/C20H25ClN4/c1-14(2)12-23-16(11-22)6-9-25-19-5-4-15(21)10-17(19)18-13-24(3)8-7-20(18)25/h4-5,10-12H,1,6-9,13,22H2,2-3H3/b16-11-,23-12-. The normalized spacial score (nSPS) is 15.9. The summed E-state index contributed by atoms with van der Waals surface area (Å²) in [6.45, 7) is 8.66. The van der Waals surface area contributed by atoms with Gasteiger partial charge in [0.25, 0.3) is 0 Å². The summed E-state index contributed by atoms with van der Waals surface area (Å²) in [5.74, 6) is 0. The van der Waals surface area contributed by atoms with Crippen molar-refractivity contribution >= 4 is 28.7 Å². The molecule has 1 aliphatic rings. The molecule has 0 fully saturated rings. The molecule has 2 heterocycles. The first-order chi connectivity index (χ1) is 12.0. The SMILES string of the molecule is C=C(C)/C=N\C(=C/N)CCn1c2c(c3cc(Cl)ccc31)CN(C)CC2. The van der Waals surface area contributed by atoms with Crippen LogP contribution in [0.5, 0.6) is 0 Å². The van der Waals surface area contributed by atoms with Gasteiger partial charge in [-0.25, -0.2) is 0 Å². The number of likely N-dealkylation sites (N-methyl/N-ethyl adjacent to an activating group) is 1. The molecular weight excluding hydrogens is 332 g/mol. The van der Waals surface area contributed by atoms with Crippen molar-refractivity contribution in [2.75, 3.05) is 13.6 Å². The Morgan fingerprint density at radius 1 is 1.44 bits per heavy atom. The van der Waals surface area contributed by atoms with Crippen LogP contribution in [0.2, 0.25) is 5.02 Å². The van der Waals surface area contributed by atoms with E-state index in [0.29, 0.717) is 0 Å². The number of aromatic nitrogens is 1. The maximum Gasteiger partial charge on any atom is 0.0575 e. The van der Waals surface area contributed by atoms with Crippen molar-refractivity contribution in [1.82, 2.24) is 9.47 Å². The van der Waals surface area contributed by atoms with Gasteiger partial charge in [-0.05, 0) is 43.3 Å². The second-order valence-electron chi connectivity index (χ2n) is 6.74. The maximum absolute atomic E-state index is 6.25. The highest BCUT2D eigenvalue weighted by atomic mass is 35.5. The monoisotopic (exact) mass is 356 g/mol. The number of nitrogens with zero attached hydrogens (tertiary/aromatic N) is 3. The Morgan fingerprint density at radius 3 is 2.96 bits per heavy atom. The topological polar surface area (TPSA) is 46.5 Å². The molecule has 3 rings (SSSR count). The zero-order valence-corrected chi connectivity index (χ0v) is 15.7. The van der Waals surface area contributed by atoms with Gasteiger partial charge in [-0.1, -0.05) is 18.2 Å². The van der Waals surface area contributed by atoms with Gasteiger partial charge in [-0.3, -0.25) is 4.99 Å². The summed E-state index contributed by atoms with van der Waals surface area (Å²) in [7, 11) is 2.16. The third kappa shape index (κ3) is 3.80. The molecule has 2 aromatic rings. The van der Waals surface area contributed by atoms with Crippen LogP contribution in [0.15, 0.2) is 47.2 Å². The average molecular weight is 357 g/mol. The van der Waals surface area contributed by atoms with Gasteiger partial charge in [0, 0.05) is 66.5 Å². The van der Waals surface area contributed by atoms with Crippen molar-refractivity contribution in [1.29, 1.82) is 0 Å². The van der Waals surface area contributed by atoms with Gasteiger partial charge in [0.2, 0.25) is 0 Å². The van der Waals surface area contributed by atoms with Gasteiger partial charge in [0.05, 0.1) is 5.70 Å². The van der Waals surface area contributed by atoms with E-state index in [1.54, 1.807) is 12.4 Å². The summed E-state index contributed by atoms with van der Waals surface area (Å²) in [6.07, 6.45) is 5.18. The lowest BCUT2D eigenvalue weighted by atomic mass is 10.1. The fraction of sp³-hybridized carbons (Fsp3) is 0.350. The van der Waals surface area contributed by atoms with Crippen LogP contribution in [-0.2, 0) is 19.5 Å². The average Bonchev–Trinajstić information content (AvgIpc) is 2.87. The second-order valence-corrected chi connectivity index (χ2v) is 7.18. The van der Waals surface area contributed by atoms with Crippen LogP contribution in [-0.4, -0.2) is 29.3 Å². The summed E-state index contributed by atoms with van der Waals surface area (Å²) in [4.78, 5) is 6.78. The quantitative estimate of drug-likeness (QED) is 0.819. The number of halogens is 1. The van der Waals surface area contributed by atoms with E-state index in [0.717, 1.165) is 48.8 Å². The summed E-state index contributed by atoms with van der Waals surface area (Å²) in [5.41, 5.74) is 11.6. The Bertz CT molecular complexity index is 860. The predicted octanol–water partition coefficient (Wildman–Crippen LogP) is 4.12. The number of benzene rings is 1. The molecular formula is C20H25ClN4. The van der Waals surface area contributed by atoms with Gasteiger partial charge in [0.1, 0.15) is 0 Å². The molecule has 2 N–H and O–H groups in total. The lowest BCUT2D eigenvalue weighted by Gasteiger charge is -2.24. The highest BCUT2D eigenvalue weighted by Gasteiger charge is 2.22. The zero-order chi connectivity index (χ0) is 18.0. The van der Waals surface area contributed by atoms with E-state index in [9.17, 15) is 0 Å². The molecule has 1 aromatic carbocycles. The molecule has 0 spiro atoms. The van der Waals surface area contributed by atoms with Crippen LogP contribution in [0.3, 0.4) is 0 Å². The van der Waals surface area contributed by atoms with E-state index in [-0.39, 0.29) is 0 Å². The predicted molar refractivity (Wildman–Crippen MR) is 107 cm³/mol. The Kier molecular flexibility index (Phi) is 5.30. The molecule has 132 valence electrons. The number of nitrogens with two attached hydrogens (primary N) is 1. The molecule has 25 heavy (non-hydrogen) atoms. The molecule has 0 aliphatic carbocycles. The molecule has 0 saturated heterocycles. The molecule has 5 heteroatoms. The summed E-state index contributed by atoms with van der Waals surface area (Å²) < 4.78 is 2.41. The van der Waals surface area contributed by atoms with Crippen molar-refractivity contribution in [2.24, 2.45) is 10.7 Å². The molecule has 0 amide bonds. The third-order valence-corrected chi connectivity index (χ3v) is 4.88. The highest BCUT2D eigenvalue weighted by molar-refractivity contribution is 6.31. The second kappa shape index (κ2) is 7.46. The maximum atomic E-state index is 6.25. The molecule has 0 saturated carbocycles. The van der Waals surface area contributed by atoms with E-state index in [2.05, 4.69) is 40.2 Å². The Balaban J connectivity index is 1.95. The minimum absolute atomic E-state index is 0.786. The number of allylic oxidation sites excluding steroid dienone is 2. The van der Waals surface area contributed by atoms with Crippen LogP contribution in [0.1, 0.15) is 24.6 Å². The molecule has 0 atom stereocenters. The van der Waals surface area contributed by atoms with Crippen molar-refractivity contribution in [3.8, 4) is 0 Å². The highest BCUT2D eigenvalue weighted by Crippen LogP contribution is 2.32. The number of fused-ring (bicyclic) bond motifs is 3. The fourth-order valence-corrected chi connectivity index (χ4v) is 3.60. The molecule has 0 unspecified atom stereocenters. The van der Waals surface area contributed by atoms with Gasteiger partial charge in [-0.15, -0.1) is 0 Å². The Hall–Kier alpha value is -2.04. The minimum atomic E-state index is 0.786. The first-order valence-corrected chi connectivity index (χ1v) is 8.95. The van der Waals surface area contributed by atoms with Crippen molar-refractivity contribution in [2.45, 2.75) is 32.9 Å². The van der Waals surface area contributed by atoms with Crippen LogP contribution in [0.25, 0.3) is 10.9 Å². The van der Waals surface area contributed by atoms with Crippen LogP contribution in [0.4, 0.5) is 0 Å². The Morgan fingerprint density at radius 2 is 2.24 bits per heavy atom. The number of hydrogen-bond donors (Lipinski definition) is 1. The van der Waals surface area contributed by atoms with E-state index < -0.39 is 0 Å². The van der Waals surface area contributed by atoms with Crippen LogP contribution < -0.4 is 5.73 Å². The summed E-state index contributed by atoms with van der Waals surface area (Å²) >= 11 is 6.25. The number of rotatable bonds is 5. The van der Waals surface area contributed by atoms with Crippen molar-refractivity contribution in [3.05, 3.63) is 58.5 Å². The van der Waals surface area contributed by atoms with Crippen LogP contribution in [0, 0.1) is 0 Å². The summed E-state index contributed by atoms with van der Waals surface area (Å²) in [5, 5.41) is 2.05. The van der Waals surface area contributed by atoms with Gasteiger partial charge >= 0.3 is 0 Å². The number of aryl methyl sites for hydroxylation is 1. The first kappa shape index (κ1) is 17.8.